The van der Waals surface area contributed by atoms with Gasteiger partial charge in [-0.2, -0.15) is 0 Å². The Balaban J connectivity index is 2.07. The van der Waals surface area contributed by atoms with Crippen molar-refractivity contribution in [3.05, 3.63) is 29.3 Å². The number of carbonyl (C=O) groups excluding carboxylic acids is 1. The maximum atomic E-state index is 11.8. The lowest BCUT2D eigenvalue weighted by Gasteiger charge is -2.12. The average Bonchev–Trinajstić information content (AvgIpc) is 2.76. The van der Waals surface area contributed by atoms with Crippen molar-refractivity contribution >= 4 is 33.8 Å². The van der Waals surface area contributed by atoms with Crippen LogP contribution in [0.15, 0.2) is 24.3 Å². The molecule has 0 aliphatic heterocycles. The van der Waals surface area contributed by atoms with Crippen LogP contribution in [0, 0.1) is 0 Å². The molecule has 1 aromatic heterocycles. The largest absolute Gasteiger partial charge is 0.378 e. The summed E-state index contributed by atoms with van der Waals surface area (Å²) in [6.45, 7) is 0. The summed E-state index contributed by atoms with van der Waals surface area (Å²) in [6, 6.07) is 7.50. The summed E-state index contributed by atoms with van der Waals surface area (Å²) in [6.07, 6.45) is 0. The van der Waals surface area contributed by atoms with E-state index in [4.69, 9.17) is 5.73 Å². The number of amides is 1. The van der Waals surface area contributed by atoms with Crippen LogP contribution < -0.4 is 16.0 Å². The van der Waals surface area contributed by atoms with Crippen molar-refractivity contribution in [1.82, 2.24) is 10.2 Å². The summed E-state index contributed by atoms with van der Waals surface area (Å²) < 4.78 is 0. The second-order valence-corrected chi connectivity index (χ2v) is 4.85. The van der Waals surface area contributed by atoms with Gasteiger partial charge in [0.1, 0.15) is 0 Å². The number of nitrogens with zero attached hydrogens (tertiary/aromatic N) is 3. The summed E-state index contributed by atoms with van der Waals surface area (Å²) in [7, 11) is 3.91. The maximum absolute atomic E-state index is 11.8. The fourth-order valence-electron chi connectivity index (χ4n) is 1.35. The van der Waals surface area contributed by atoms with Crippen LogP contribution in [-0.4, -0.2) is 30.2 Å². The second-order valence-electron chi connectivity index (χ2n) is 3.84. The van der Waals surface area contributed by atoms with Crippen molar-refractivity contribution in [2.45, 2.75) is 0 Å². The highest BCUT2D eigenvalue weighted by Gasteiger charge is 2.11. The van der Waals surface area contributed by atoms with Crippen LogP contribution in [-0.2, 0) is 0 Å². The fraction of sp³-hybridized carbons (Fsp3) is 0.182. The van der Waals surface area contributed by atoms with Gasteiger partial charge >= 0.3 is 0 Å². The van der Waals surface area contributed by atoms with Crippen LogP contribution in [0.5, 0.6) is 0 Å². The van der Waals surface area contributed by atoms with Gasteiger partial charge in [0.05, 0.1) is 0 Å². The van der Waals surface area contributed by atoms with Gasteiger partial charge in [-0.25, -0.2) is 0 Å². The number of rotatable bonds is 3. The SMILES string of the molecule is CN(C)c1ccc(NC(=O)c2nnc(N)s2)cc1. The molecule has 0 aliphatic rings. The molecule has 1 heterocycles. The minimum Gasteiger partial charge on any atom is -0.378 e. The van der Waals surface area contributed by atoms with E-state index in [0.717, 1.165) is 17.0 Å². The van der Waals surface area contributed by atoms with Gasteiger partial charge in [0.2, 0.25) is 10.1 Å². The third-order valence-corrected chi connectivity index (χ3v) is 3.03. The van der Waals surface area contributed by atoms with Crippen LogP contribution in [0.2, 0.25) is 0 Å². The Labute approximate surface area is 108 Å². The molecule has 0 saturated heterocycles. The lowest BCUT2D eigenvalue weighted by Crippen LogP contribution is -2.12. The van der Waals surface area contributed by atoms with Crippen LogP contribution in [0.3, 0.4) is 0 Å². The van der Waals surface area contributed by atoms with Gasteiger partial charge in [-0.05, 0) is 24.3 Å². The first-order valence-corrected chi connectivity index (χ1v) is 6.05. The van der Waals surface area contributed by atoms with Crippen LogP contribution in [0.1, 0.15) is 9.80 Å². The number of anilines is 3. The lowest BCUT2D eigenvalue weighted by atomic mass is 10.2. The minimum absolute atomic E-state index is 0.254. The summed E-state index contributed by atoms with van der Waals surface area (Å²) in [5.41, 5.74) is 7.19. The zero-order valence-electron chi connectivity index (χ0n) is 10.0. The van der Waals surface area contributed by atoms with Crippen LogP contribution in [0.4, 0.5) is 16.5 Å². The third kappa shape index (κ3) is 2.75. The molecule has 3 N–H and O–H groups in total. The normalized spacial score (nSPS) is 10.1. The molecule has 0 fully saturated rings. The Kier molecular flexibility index (Phi) is 3.42. The summed E-state index contributed by atoms with van der Waals surface area (Å²) in [5, 5.41) is 10.5. The van der Waals surface area contributed by atoms with Crippen molar-refractivity contribution in [2.24, 2.45) is 0 Å². The zero-order chi connectivity index (χ0) is 13.1. The third-order valence-electron chi connectivity index (χ3n) is 2.28. The Morgan fingerprint density at radius 2 is 1.94 bits per heavy atom. The molecule has 0 radical (unpaired) electrons. The Bertz CT molecular complexity index is 549. The molecule has 18 heavy (non-hydrogen) atoms. The first kappa shape index (κ1) is 12.3. The van der Waals surface area contributed by atoms with Gasteiger partial charge in [0.25, 0.3) is 5.91 Å². The van der Waals surface area contributed by atoms with Gasteiger partial charge < -0.3 is 16.0 Å². The van der Waals surface area contributed by atoms with Gasteiger partial charge in [0.15, 0.2) is 0 Å². The molecule has 1 amide bonds. The van der Waals surface area contributed by atoms with E-state index in [1.54, 1.807) is 0 Å². The quantitative estimate of drug-likeness (QED) is 0.875. The molecule has 0 unspecified atom stereocenters. The molecule has 2 rings (SSSR count). The van der Waals surface area contributed by atoms with E-state index in [1.165, 1.54) is 0 Å². The topological polar surface area (TPSA) is 84.1 Å². The number of nitrogen functional groups attached to an aromatic ring is 1. The van der Waals surface area contributed by atoms with E-state index >= 15 is 0 Å². The minimum atomic E-state index is -0.304. The van der Waals surface area contributed by atoms with E-state index in [-0.39, 0.29) is 16.0 Å². The molecule has 7 heteroatoms. The van der Waals surface area contributed by atoms with Crippen LogP contribution >= 0.6 is 11.3 Å². The Morgan fingerprint density at radius 1 is 1.28 bits per heavy atom. The highest BCUT2D eigenvalue weighted by atomic mass is 32.1. The fourth-order valence-corrected chi connectivity index (χ4v) is 1.86. The number of hydrogen-bond donors (Lipinski definition) is 2. The first-order chi connectivity index (χ1) is 8.56. The molecule has 94 valence electrons. The second kappa shape index (κ2) is 5.01. The number of aromatic nitrogens is 2. The van der Waals surface area contributed by atoms with Gasteiger partial charge in [-0.15, -0.1) is 10.2 Å². The van der Waals surface area contributed by atoms with E-state index in [1.807, 2.05) is 43.3 Å². The lowest BCUT2D eigenvalue weighted by molar-refractivity contribution is 0.102. The van der Waals surface area contributed by atoms with Gasteiger partial charge in [-0.1, -0.05) is 11.3 Å². The van der Waals surface area contributed by atoms with E-state index in [0.29, 0.717) is 5.69 Å². The molecule has 2 aromatic rings. The Hall–Kier alpha value is -2.15. The van der Waals surface area contributed by atoms with E-state index in [9.17, 15) is 4.79 Å². The molecule has 6 nitrogen and oxygen atoms in total. The van der Waals surface area contributed by atoms with Gasteiger partial charge in [-0.3, -0.25) is 4.79 Å². The summed E-state index contributed by atoms with van der Waals surface area (Å²) >= 11 is 1.06. The molecular formula is C11H13N5OS. The summed E-state index contributed by atoms with van der Waals surface area (Å²) in [5.74, 6) is -0.304. The molecular weight excluding hydrogens is 250 g/mol. The number of carbonyl (C=O) groups is 1. The summed E-state index contributed by atoms with van der Waals surface area (Å²) in [4.78, 5) is 13.8. The molecule has 0 atom stereocenters. The Morgan fingerprint density at radius 3 is 2.44 bits per heavy atom. The highest BCUT2D eigenvalue weighted by Crippen LogP contribution is 2.17. The van der Waals surface area contributed by atoms with Crippen molar-refractivity contribution in [2.75, 3.05) is 30.0 Å². The molecule has 1 aromatic carbocycles. The number of benzene rings is 1. The number of nitrogens with two attached hydrogens (primary N) is 1. The predicted octanol–water partition coefficient (Wildman–Crippen LogP) is 1.44. The molecule has 0 aliphatic carbocycles. The first-order valence-electron chi connectivity index (χ1n) is 5.24. The van der Waals surface area contributed by atoms with Crippen LogP contribution in [0.25, 0.3) is 0 Å². The van der Waals surface area contributed by atoms with Crippen molar-refractivity contribution in [3.63, 3.8) is 0 Å². The number of hydrogen-bond acceptors (Lipinski definition) is 6. The molecule has 0 bridgehead atoms. The predicted molar refractivity (Wildman–Crippen MR) is 73.0 cm³/mol. The molecule has 0 saturated carbocycles. The van der Waals surface area contributed by atoms with Crippen molar-refractivity contribution in [3.8, 4) is 0 Å². The van der Waals surface area contributed by atoms with Crippen molar-refractivity contribution in [1.29, 1.82) is 0 Å². The van der Waals surface area contributed by atoms with Crippen molar-refractivity contribution < 1.29 is 4.79 Å². The smallest absolute Gasteiger partial charge is 0.286 e. The monoisotopic (exact) mass is 263 g/mol. The maximum Gasteiger partial charge on any atom is 0.286 e. The standard InChI is InChI=1S/C11H13N5OS/c1-16(2)8-5-3-7(4-6-8)13-9(17)10-14-15-11(12)18-10/h3-6H,1-2H3,(H2,12,15)(H,13,17). The molecule has 0 spiro atoms. The zero-order valence-corrected chi connectivity index (χ0v) is 10.9. The van der Waals surface area contributed by atoms with E-state index < -0.39 is 0 Å². The van der Waals surface area contributed by atoms with Gasteiger partial charge in [0, 0.05) is 25.5 Å². The van der Waals surface area contributed by atoms with E-state index in [2.05, 4.69) is 15.5 Å². The average molecular weight is 263 g/mol. The number of nitrogens with one attached hydrogen (secondary N) is 1. The highest BCUT2D eigenvalue weighted by molar-refractivity contribution is 7.16.